The Hall–Kier alpha value is -3.77. The van der Waals surface area contributed by atoms with Crippen molar-refractivity contribution in [2.24, 2.45) is 5.92 Å². The molecule has 0 aliphatic heterocycles. The molecule has 0 radical (unpaired) electrons. The van der Waals surface area contributed by atoms with Crippen LogP contribution in [0, 0.1) is 5.92 Å². The Balaban J connectivity index is 1.53. The van der Waals surface area contributed by atoms with Gasteiger partial charge < -0.3 is 24.7 Å². The lowest BCUT2D eigenvalue weighted by Crippen LogP contribution is -2.35. The zero-order chi connectivity index (χ0) is 27.4. The van der Waals surface area contributed by atoms with Crippen molar-refractivity contribution in [1.82, 2.24) is 24.6 Å². The van der Waals surface area contributed by atoms with E-state index in [0.717, 1.165) is 0 Å². The number of rotatable bonds is 11. The number of nitrogens with one attached hydrogen (secondary N) is 2. The summed E-state index contributed by atoms with van der Waals surface area (Å²) in [5, 5.41) is 13.4. The van der Waals surface area contributed by atoms with Gasteiger partial charge in [-0.2, -0.15) is 10.1 Å². The summed E-state index contributed by atoms with van der Waals surface area (Å²) in [7, 11) is -4.14. The van der Waals surface area contributed by atoms with Gasteiger partial charge in [-0.1, -0.05) is 37.4 Å². The van der Waals surface area contributed by atoms with Gasteiger partial charge in [0.2, 0.25) is 5.95 Å². The zero-order valence-electron chi connectivity index (χ0n) is 20.6. The first-order valence-electron chi connectivity index (χ1n) is 11.8. The Morgan fingerprint density at radius 3 is 2.87 bits per heavy atom. The fourth-order valence-corrected chi connectivity index (χ4v) is 5.68. The van der Waals surface area contributed by atoms with Crippen molar-refractivity contribution < 1.29 is 28.3 Å². The minimum Gasteiger partial charge on any atom is -0.460 e. The van der Waals surface area contributed by atoms with Crippen LogP contribution in [0.1, 0.15) is 19.4 Å². The van der Waals surface area contributed by atoms with E-state index in [1.165, 1.54) is 19.3 Å². The number of imidazole rings is 1. The van der Waals surface area contributed by atoms with E-state index in [9.17, 15) is 19.3 Å². The van der Waals surface area contributed by atoms with Crippen LogP contribution >= 0.6 is 7.75 Å². The number of nitrogens with zero attached hydrogens (tertiary/aromatic N) is 3. The van der Waals surface area contributed by atoms with Gasteiger partial charge in [-0.15, -0.1) is 0 Å². The third kappa shape index (κ3) is 5.86. The Morgan fingerprint density at radius 1 is 1.42 bits per heavy atom. The molecular weight excluding hydrogens is 515 g/mol. The Labute approximate surface area is 217 Å². The van der Waals surface area contributed by atoms with Gasteiger partial charge in [0.05, 0.1) is 25.1 Å². The third-order valence-corrected chi connectivity index (χ3v) is 7.71. The first-order valence-corrected chi connectivity index (χ1v) is 13.3. The van der Waals surface area contributed by atoms with E-state index in [-0.39, 0.29) is 42.5 Å². The molecule has 1 aromatic carbocycles. The molecule has 0 amide bonds. The lowest BCUT2D eigenvalue weighted by Gasteiger charge is -2.25. The molecular formula is C24H29N6O7P. The molecule has 202 valence electrons. The van der Waals surface area contributed by atoms with Crippen molar-refractivity contribution in [1.29, 1.82) is 0 Å². The fraction of sp³-hybridized carbons (Fsp3) is 0.333. The van der Waals surface area contributed by atoms with Crippen LogP contribution in [0.5, 0.6) is 5.75 Å². The van der Waals surface area contributed by atoms with Crippen LogP contribution in [0.15, 0.2) is 66.3 Å². The highest BCUT2D eigenvalue weighted by molar-refractivity contribution is 7.52. The zero-order valence-corrected chi connectivity index (χ0v) is 21.5. The maximum absolute atomic E-state index is 13.7. The average molecular weight is 545 g/mol. The number of H-pyrrole nitrogens is 1. The topological polar surface area (TPSA) is 184 Å². The van der Waals surface area contributed by atoms with Crippen LogP contribution in [-0.4, -0.2) is 56.0 Å². The second-order valence-corrected chi connectivity index (χ2v) is 10.4. The van der Waals surface area contributed by atoms with E-state index in [1.807, 2.05) is 0 Å². The number of ether oxygens (including phenoxy) is 1. The van der Waals surface area contributed by atoms with Crippen molar-refractivity contribution >= 4 is 30.8 Å². The maximum atomic E-state index is 13.7. The molecule has 1 fully saturated rings. The van der Waals surface area contributed by atoms with Gasteiger partial charge >= 0.3 is 13.7 Å². The summed E-state index contributed by atoms with van der Waals surface area (Å²) in [6, 6.07) is 6.79. The summed E-state index contributed by atoms with van der Waals surface area (Å²) in [5.41, 5.74) is 6.11. The SMILES string of the molecule is C=CCOC(=O)[C@H](C)NP(=O)(OC[C@H]1C(=C)[C@@H](n2cnc3c(=O)[nH]c(N)nc32)C[C@@H]1O)Oc1ccccc1. The van der Waals surface area contributed by atoms with Gasteiger partial charge in [0.25, 0.3) is 5.56 Å². The number of fused-ring (bicyclic) bond motifs is 1. The molecule has 1 unspecified atom stereocenters. The Bertz CT molecular complexity index is 1440. The summed E-state index contributed by atoms with van der Waals surface area (Å²) in [6.45, 7) is 8.81. The first-order chi connectivity index (χ1) is 18.1. The number of carbonyl (C=O) groups excluding carboxylic acids is 1. The van der Waals surface area contributed by atoms with Crippen LogP contribution in [0.2, 0.25) is 0 Å². The highest BCUT2D eigenvalue weighted by Gasteiger charge is 2.41. The number of nitrogens with two attached hydrogens (primary N) is 1. The quantitative estimate of drug-likeness (QED) is 0.157. The van der Waals surface area contributed by atoms with Crippen LogP contribution in [0.3, 0.4) is 0 Å². The second-order valence-electron chi connectivity index (χ2n) is 8.74. The lowest BCUT2D eigenvalue weighted by molar-refractivity contribution is -0.144. The van der Waals surface area contributed by atoms with Gasteiger partial charge in [0, 0.05) is 5.92 Å². The molecule has 38 heavy (non-hydrogen) atoms. The van der Waals surface area contributed by atoms with E-state index < -0.39 is 43.4 Å². The predicted octanol–water partition coefficient (Wildman–Crippen LogP) is 2.09. The minimum absolute atomic E-state index is 0.0136. The number of aliphatic hydroxyl groups is 1. The van der Waals surface area contributed by atoms with E-state index >= 15 is 0 Å². The molecule has 2 heterocycles. The highest BCUT2D eigenvalue weighted by Crippen LogP contribution is 2.48. The van der Waals surface area contributed by atoms with Crippen molar-refractivity contribution in [2.75, 3.05) is 18.9 Å². The van der Waals surface area contributed by atoms with Crippen molar-refractivity contribution in [3.8, 4) is 5.75 Å². The fourth-order valence-electron chi connectivity index (χ4n) is 4.16. The molecule has 13 nitrogen and oxygen atoms in total. The van der Waals surface area contributed by atoms with E-state index in [1.54, 1.807) is 34.9 Å². The van der Waals surface area contributed by atoms with Crippen LogP contribution in [0.25, 0.3) is 11.2 Å². The molecule has 0 saturated heterocycles. The van der Waals surface area contributed by atoms with Crippen LogP contribution in [-0.2, 0) is 18.6 Å². The molecule has 4 rings (SSSR count). The number of aromatic amines is 1. The lowest BCUT2D eigenvalue weighted by atomic mass is 10.0. The Morgan fingerprint density at radius 2 is 2.16 bits per heavy atom. The summed E-state index contributed by atoms with van der Waals surface area (Å²) < 4.78 is 31.7. The highest BCUT2D eigenvalue weighted by atomic mass is 31.2. The number of para-hydroxylation sites is 1. The van der Waals surface area contributed by atoms with E-state index in [2.05, 4.69) is 33.2 Å². The number of anilines is 1. The Kier molecular flexibility index (Phi) is 8.12. The summed E-state index contributed by atoms with van der Waals surface area (Å²) in [4.78, 5) is 35.1. The monoisotopic (exact) mass is 544 g/mol. The van der Waals surface area contributed by atoms with Crippen molar-refractivity contribution in [2.45, 2.75) is 31.5 Å². The third-order valence-electron chi connectivity index (χ3n) is 6.06. The number of hydrogen-bond donors (Lipinski definition) is 4. The van der Waals surface area contributed by atoms with Gasteiger partial charge in [-0.25, -0.2) is 9.55 Å². The van der Waals surface area contributed by atoms with Crippen LogP contribution < -0.4 is 20.9 Å². The normalized spacial score (nSPS) is 21.6. The molecule has 1 aliphatic carbocycles. The number of nitrogen functional groups attached to an aromatic ring is 1. The second kappa shape index (κ2) is 11.3. The number of esters is 1. The smallest absolute Gasteiger partial charge is 0.459 e. The molecule has 1 saturated carbocycles. The first kappa shape index (κ1) is 27.3. The summed E-state index contributed by atoms with van der Waals surface area (Å²) in [6.07, 6.45) is 2.13. The number of hydrogen-bond acceptors (Lipinski definition) is 10. The van der Waals surface area contributed by atoms with E-state index in [0.29, 0.717) is 5.57 Å². The number of benzene rings is 1. The molecule has 1 aliphatic rings. The number of aromatic nitrogens is 4. The largest absolute Gasteiger partial charge is 0.460 e. The minimum atomic E-state index is -4.14. The van der Waals surface area contributed by atoms with Gasteiger partial charge in [-0.05, 0) is 31.1 Å². The standard InChI is InChI=1S/C24H29N6O7P/c1-4-10-35-23(33)15(3)29-38(34,37-16-8-6-5-7-9-16)36-12-17-14(2)18(11-19(17)31)30-13-26-20-21(30)27-24(25)28-22(20)32/h4-9,13,15,17-19,31H,1-2,10-12H2,3H3,(H,29,34)(H3,25,27,28,32)/t15-,17-,18-,19-,38?/m0/s1. The summed E-state index contributed by atoms with van der Waals surface area (Å²) >= 11 is 0. The molecule has 0 spiro atoms. The molecule has 5 N–H and O–H groups in total. The predicted molar refractivity (Wildman–Crippen MR) is 139 cm³/mol. The molecule has 3 aromatic rings. The van der Waals surface area contributed by atoms with Gasteiger partial charge in [0.15, 0.2) is 11.2 Å². The average Bonchev–Trinajstić information content (AvgIpc) is 3.41. The van der Waals surface area contributed by atoms with Gasteiger partial charge in [-0.3, -0.25) is 19.1 Å². The van der Waals surface area contributed by atoms with Crippen molar-refractivity contribution in [3.05, 3.63) is 71.8 Å². The molecule has 5 atom stereocenters. The molecule has 2 aromatic heterocycles. The van der Waals surface area contributed by atoms with Crippen LogP contribution in [0.4, 0.5) is 5.95 Å². The van der Waals surface area contributed by atoms with Gasteiger partial charge in [0.1, 0.15) is 18.4 Å². The van der Waals surface area contributed by atoms with E-state index in [4.69, 9.17) is 19.5 Å². The maximum Gasteiger partial charge on any atom is 0.459 e. The number of carbonyl (C=O) groups is 1. The summed E-state index contributed by atoms with van der Waals surface area (Å²) in [5.74, 6) is -1.16. The molecule has 14 heteroatoms. The number of aliphatic hydroxyl groups excluding tert-OH is 1. The molecule has 0 bridgehead atoms. The van der Waals surface area contributed by atoms with Crippen molar-refractivity contribution in [3.63, 3.8) is 0 Å².